The Morgan fingerprint density at radius 1 is 1.25 bits per heavy atom. The highest BCUT2D eigenvalue weighted by Crippen LogP contribution is 2.25. The highest BCUT2D eigenvalue weighted by Gasteiger charge is 2.15. The number of nitrogens with one attached hydrogen (secondary N) is 1. The van der Waals surface area contributed by atoms with Crippen molar-refractivity contribution in [3.63, 3.8) is 0 Å². The van der Waals surface area contributed by atoms with Gasteiger partial charge in [-0.3, -0.25) is 14.9 Å². The molecule has 0 saturated heterocycles. The molecule has 0 fully saturated rings. The summed E-state index contributed by atoms with van der Waals surface area (Å²) in [5.41, 5.74) is 2.75. The minimum atomic E-state index is -0.463. The van der Waals surface area contributed by atoms with Crippen molar-refractivity contribution < 1.29 is 14.5 Å². The second-order valence-electron chi connectivity index (χ2n) is 5.70. The van der Waals surface area contributed by atoms with Crippen molar-refractivity contribution in [1.82, 2.24) is 5.32 Å². The molecule has 0 radical (unpaired) electrons. The van der Waals surface area contributed by atoms with Crippen LogP contribution in [-0.4, -0.2) is 24.0 Å². The molecule has 0 atom stereocenters. The molecule has 0 aliphatic carbocycles. The lowest BCUT2D eigenvalue weighted by atomic mass is 10.1. The molecule has 124 valence electrons. The summed E-state index contributed by atoms with van der Waals surface area (Å²) in [6.45, 7) is 1.23. The molecule has 6 nitrogen and oxygen atoms in total. The van der Waals surface area contributed by atoms with Gasteiger partial charge in [-0.15, -0.1) is 0 Å². The first-order valence-electron chi connectivity index (χ1n) is 7.87. The maximum Gasteiger partial charge on any atom is 0.273 e. The Morgan fingerprint density at radius 2 is 2.08 bits per heavy atom. The van der Waals surface area contributed by atoms with E-state index in [1.165, 1.54) is 11.6 Å². The van der Waals surface area contributed by atoms with Crippen molar-refractivity contribution in [1.29, 1.82) is 0 Å². The minimum absolute atomic E-state index is 0.00911. The summed E-state index contributed by atoms with van der Waals surface area (Å²) in [6, 6.07) is 12.4. The molecule has 2 aromatic carbocycles. The zero-order chi connectivity index (χ0) is 16.9. The summed E-state index contributed by atoms with van der Waals surface area (Å²) in [5.74, 6) is 0.730. The zero-order valence-electron chi connectivity index (χ0n) is 13.2. The van der Waals surface area contributed by atoms with E-state index in [2.05, 4.69) is 11.4 Å². The quantitative estimate of drug-likeness (QED) is 0.653. The van der Waals surface area contributed by atoms with Gasteiger partial charge >= 0.3 is 0 Å². The molecular formula is C18H18N2O4. The number of fused-ring (bicyclic) bond motifs is 1. The second-order valence-corrected chi connectivity index (χ2v) is 5.70. The van der Waals surface area contributed by atoms with E-state index in [-0.39, 0.29) is 18.0 Å². The molecule has 0 bridgehead atoms. The van der Waals surface area contributed by atoms with Crippen LogP contribution in [0.4, 0.5) is 5.69 Å². The third-order valence-electron chi connectivity index (χ3n) is 4.03. The molecule has 1 heterocycles. The normalized spacial score (nSPS) is 12.3. The van der Waals surface area contributed by atoms with Gasteiger partial charge in [0.25, 0.3) is 5.69 Å². The summed E-state index contributed by atoms with van der Waals surface area (Å²) >= 11 is 0. The third-order valence-corrected chi connectivity index (χ3v) is 4.03. The lowest BCUT2D eigenvalue weighted by Crippen LogP contribution is -2.27. The first-order valence-corrected chi connectivity index (χ1v) is 7.87. The van der Waals surface area contributed by atoms with Gasteiger partial charge in [-0.1, -0.05) is 30.3 Å². The molecule has 2 aromatic rings. The Balaban J connectivity index is 1.52. The third kappa shape index (κ3) is 3.71. The molecule has 3 rings (SSSR count). The van der Waals surface area contributed by atoms with E-state index >= 15 is 0 Å². The number of nitro groups is 1. The number of hydrogen-bond acceptors (Lipinski definition) is 4. The predicted octanol–water partition coefficient (Wildman–Crippen LogP) is 2.43. The van der Waals surface area contributed by atoms with E-state index in [1.807, 2.05) is 12.1 Å². The number of nitro benzene ring substituents is 1. The van der Waals surface area contributed by atoms with Crippen molar-refractivity contribution in [3.05, 3.63) is 69.3 Å². The average molecular weight is 326 g/mol. The molecule has 1 N–H and O–H groups in total. The standard InChI is InChI=1S/C18H18N2O4/c21-18(12-14-3-1-2-4-16(14)20(22)23)19-9-7-13-5-6-17-15(11-13)8-10-24-17/h1-6,11H,7-10,12H2,(H,19,21). The number of nitrogens with zero attached hydrogens (tertiary/aromatic N) is 1. The van der Waals surface area contributed by atoms with Crippen molar-refractivity contribution in [2.24, 2.45) is 0 Å². The lowest BCUT2D eigenvalue weighted by Gasteiger charge is -2.07. The van der Waals surface area contributed by atoms with Crippen molar-refractivity contribution >= 4 is 11.6 Å². The van der Waals surface area contributed by atoms with Gasteiger partial charge in [0.05, 0.1) is 18.0 Å². The molecule has 1 aliphatic heterocycles. The summed E-state index contributed by atoms with van der Waals surface area (Å²) in [4.78, 5) is 22.5. The average Bonchev–Trinajstić information content (AvgIpc) is 3.03. The number of rotatable bonds is 6. The molecule has 1 aliphatic rings. The number of ether oxygens (including phenoxy) is 1. The molecule has 0 aromatic heterocycles. The highest BCUT2D eigenvalue weighted by molar-refractivity contribution is 5.79. The van der Waals surface area contributed by atoms with Gasteiger partial charge in [0.1, 0.15) is 5.75 Å². The van der Waals surface area contributed by atoms with Gasteiger partial charge in [-0.05, 0) is 23.6 Å². The molecule has 24 heavy (non-hydrogen) atoms. The number of amides is 1. The van der Waals surface area contributed by atoms with Crippen LogP contribution in [0.3, 0.4) is 0 Å². The summed E-state index contributed by atoms with van der Waals surface area (Å²) in [7, 11) is 0. The van der Waals surface area contributed by atoms with Crippen LogP contribution in [0, 0.1) is 10.1 Å². The van der Waals surface area contributed by atoms with Crippen molar-refractivity contribution in [3.8, 4) is 5.75 Å². The topological polar surface area (TPSA) is 81.5 Å². The van der Waals surface area contributed by atoms with Crippen molar-refractivity contribution in [2.75, 3.05) is 13.2 Å². The lowest BCUT2D eigenvalue weighted by molar-refractivity contribution is -0.385. The molecule has 0 saturated carbocycles. The van der Waals surface area contributed by atoms with Gasteiger partial charge < -0.3 is 10.1 Å². The Bertz CT molecular complexity index is 773. The van der Waals surface area contributed by atoms with Crippen LogP contribution in [0.15, 0.2) is 42.5 Å². The van der Waals surface area contributed by atoms with Gasteiger partial charge in [0.2, 0.25) is 5.91 Å². The smallest absolute Gasteiger partial charge is 0.273 e. The number of para-hydroxylation sites is 1. The summed E-state index contributed by atoms with van der Waals surface area (Å²) in [5, 5.41) is 13.8. The van der Waals surface area contributed by atoms with Crippen LogP contribution >= 0.6 is 0 Å². The SMILES string of the molecule is O=C(Cc1ccccc1[N+](=O)[O-])NCCc1ccc2c(c1)CCO2. The van der Waals surface area contributed by atoms with Gasteiger partial charge in [0, 0.05) is 24.6 Å². The van der Waals surface area contributed by atoms with Gasteiger partial charge in [-0.25, -0.2) is 0 Å². The van der Waals surface area contributed by atoms with Gasteiger partial charge in [0.15, 0.2) is 0 Å². The van der Waals surface area contributed by atoms with E-state index in [9.17, 15) is 14.9 Å². The van der Waals surface area contributed by atoms with E-state index < -0.39 is 4.92 Å². The number of carbonyl (C=O) groups excluding carboxylic acids is 1. The van der Waals surface area contributed by atoms with E-state index in [1.54, 1.807) is 18.2 Å². The zero-order valence-corrected chi connectivity index (χ0v) is 13.2. The van der Waals surface area contributed by atoms with Gasteiger partial charge in [-0.2, -0.15) is 0 Å². The first-order chi connectivity index (χ1) is 11.6. The molecule has 6 heteroatoms. The number of hydrogen-bond donors (Lipinski definition) is 1. The largest absolute Gasteiger partial charge is 0.493 e. The molecule has 0 unspecified atom stereocenters. The highest BCUT2D eigenvalue weighted by atomic mass is 16.6. The molecular weight excluding hydrogens is 308 g/mol. The number of carbonyl (C=O) groups is 1. The van der Waals surface area contributed by atoms with Crippen LogP contribution in [0.2, 0.25) is 0 Å². The van der Waals surface area contributed by atoms with Crippen LogP contribution in [0.25, 0.3) is 0 Å². The fraction of sp³-hybridized carbons (Fsp3) is 0.278. The summed E-state index contributed by atoms with van der Waals surface area (Å²) < 4.78 is 5.47. The van der Waals surface area contributed by atoms with E-state index in [0.717, 1.165) is 30.8 Å². The Hall–Kier alpha value is -2.89. The maximum absolute atomic E-state index is 12.0. The fourth-order valence-corrected chi connectivity index (χ4v) is 2.82. The molecule has 1 amide bonds. The van der Waals surface area contributed by atoms with Crippen LogP contribution in [0.5, 0.6) is 5.75 Å². The predicted molar refractivity (Wildman–Crippen MR) is 89.2 cm³/mol. The fourth-order valence-electron chi connectivity index (χ4n) is 2.82. The van der Waals surface area contributed by atoms with E-state index in [4.69, 9.17) is 4.74 Å². The Morgan fingerprint density at radius 3 is 2.92 bits per heavy atom. The first kappa shape index (κ1) is 16.0. The second kappa shape index (κ2) is 7.12. The summed E-state index contributed by atoms with van der Waals surface area (Å²) in [6.07, 6.45) is 1.65. The van der Waals surface area contributed by atoms with Crippen LogP contribution in [0.1, 0.15) is 16.7 Å². The van der Waals surface area contributed by atoms with E-state index in [0.29, 0.717) is 12.1 Å². The molecule has 0 spiro atoms. The Kier molecular flexibility index (Phi) is 4.74. The minimum Gasteiger partial charge on any atom is -0.493 e. The maximum atomic E-state index is 12.0. The number of benzene rings is 2. The van der Waals surface area contributed by atoms with Crippen LogP contribution in [-0.2, 0) is 24.1 Å². The van der Waals surface area contributed by atoms with Crippen LogP contribution < -0.4 is 10.1 Å². The van der Waals surface area contributed by atoms with Crippen molar-refractivity contribution in [2.45, 2.75) is 19.3 Å². The Labute approximate surface area is 139 Å². The monoisotopic (exact) mass is 326 g/mol.